The van der Waals surface area contributed by atoms with Gasteiger partial charge in [0.15, 0.2) is 12.4 Å². The molecule has 2 aromatic heterocycles. The van der Waals surface area contributed by atoms with E-state index in [-0.39, 0.29) is 12.5 Å². The maximum absolute atomic E-state index is 5.59. The lowest BCUT2D eigenvalue weighted by Gasteiger charge is -2.05. The van der Waals surface area contributed by atoms with Gasteiger partial charge in [-0.2, -0.15) is 4.98 Å². The second-order valence-electron chi connectivity index (χ2n) is 5.15. The second-order valence-corrected chi connectivity index (χ2v) is 5.15. The summed E-state index contributed by atoms with van der Waals surface area (Å²) in [6.45, 7) is 8.20. The van der Waals surface area contributed by atoms with E-state index >= 15 is 0 Å². The fraction of sp³-hybridized carbons (Fsp3) is 0.533. The number of hydrogen-bond donors (Lipinski definition) is 1. The largest absolute Gasteiger partial charge is 0.482 e. The Bertz CT molecular complexity index is 537. The highest BCUT2D eigenvalue weighted by Crippen LogP contribution is 2.13. The summed E-state index contributed by atoms with van der Waals surface area (Å²) in [4.78, 5) is 8.60. The molecule has 0 saturated heterocycles. The van der Waals surface area contributed by atoms with Gasteiger partial charge in [-0.25, -0.2) is 0 Å². The third-order valence-corrected chi connectivity index (χ3v) is 2.89. The summed E-state index contributed by atoms with van der Waals surface area (Å²) in [6.07, 6.45) is 2.83. The maximum Gasteiger partial charge on any atom is 0.264 e. The van der Waals surface area contributed by atoms with Crippen molar-refractivity contribution in [3.05, 3.63) is 35.7 Å². The highest BCUT2D eigenvalue weighted by molar-refractivity contribution is 5.19. The Balaban J connectivity index is 1.82. The Morgan fingerprint density at radius 2 is 2.19 bits per heavy atom. The Kier molecular flexibility index (Phi) is 5.68. The van der Waals surface area contributed by atoms with Crippen LogP contribution in [-0.4, -0.2) is 21.7 Å². The van der Waals surface area contributed by atoms with E-state index in [9.17, 15) is 0 Å². The first-order valence-electron chi connectivity index (χ1n) is 7.30. The first-order valence-corrected chi connectivity index (χ1v) is 7.30. The van der Waals surface area contributed by atoms with Crippen LogP contribution in [-0.2, 0) is 13.2 Å². The van der Waals surface area contributed by atoms with E-state index in [1.54, 1.807) is 6.20 Å². The van der Waals surface area contributed by atoms with Crippen LogP contribution >= 0.6 is 0 Å². The van der Waals surface area contributed by atoms with E-state index in [1.807, 2.05) is 26.0 Å². The molecule has 2 heterocycles. The van der Waals surface area contributed by atoms with Gasteiger partial charge in [0.25, 0.3) is 5.89 Å². The normalized spacial score (nSPS) is 11.0. The van der Waals surface area contributed by atoms with Crippen LogP contribution in [0.15, 0.2) is 22.9 Å². The molecule has 0 radical (unpaired) electrons. The average Bonchev–Trinajstić information content (AvgIpc) is 2.96. The molecule has 21 heavy (non-hydrogen) atoms. The predicted molar refractivity (Wildman–Crippen MR) is 79.0 cm³/mol. The number of nitrogens with zero attached hydrogens (tertiary/aromatic N) is 3. The molecule has 6 nitrogen and oxygen atoms in total. The van der Waals surface area contributed by atoms with E-state index in [1.165, 1.54) is 0 Å². The zero-order chi connectivity index (χ0) is 15.1. The first kappa shape index (κ1) is 15.4. The number of rotatable bonds is 8. The van der Waals surface area contributed by atoms with E-state index in [4.69, 9.17) is 9.26 Å². The number of ether oxygens (including phenoxy) is 1. The molecule has 0 amide bonds. The van der Waals surface area contributed by atoms with E-state index in [2.05, 4.69) is 27.4 Å². The van der Waals surface area contributed by atoms with Crippen LogP contribution in [0.4, 0.5) is 0 Å². The lowest BCUT2D eigenvalue weighted by Crippen LogP contribution is -2.14. The van der Waals surface area contributed by atoms with Gasteiger partial charge in [-0.15, -0.1) is 0 Å². The van der Waals surface area contributed by atoms with Crippen LogP contribution in [0.3, 0.4) is 0 Å². The van der Waals surface area contributed by atoms with Crippen molar-refractivity contribution in [1.29, 1.82) is 0 Å². The minimum absolute atomic E-state index is 0.249. The maximum atomic E-state index is 5.59. The summed E-state index contributed by atoms with van der Waals surface area (Å²) in [5.41, 5.74) is 0.996. The zero-order valence-corrected chi connectivity index (χ0v) is 12.8. The highest BCUT2D eigenvalue weighted by atomic mass is 16.5. The summed E-state index contributed by atoms with van der Waals surface area (Å²) in [5.74, 6) is 2.12. The Hall–Kier alpha value is -1.95. The van der Waals surface area contributed by atoms with Crippen molar-refractivity contribution in [1.82, 2.24) is 20.4 Å². The molecule has 0 aliphatic carbocycles. The van der Waals surface area contributed by atoms with E-state index < -0.39 is 0 Å². The third-order valence-electron chi connectivity index (χ3n) is 2.89. The second kappa shape index (κ2) is 7.73. The van der Waals surface area contributed by atoms with Crippen LogP contribution < -0.4 is 10.1 Å². The third kappa shape index (κ3) is 4.82. The molecule has 114 valence electrons. The van der Waals surface area contributed by atoms with Crippen LogP contribution in [0.2, 0.25) is 0 Å². The summed E-state index contributed by atoms with van der Waals surface area (Å²) < 4.78 is 10.7. The van der Waals surface area contributed by atoms with E-state index in [0.717, 1.165) is 25.2 Å². The molecule has 0 unspecified atom stereocenters. The first-order chi connectivity index (χ1) is 10.2. The van der Waals surface area contributed by atoms with Gasteiger partial charge >= 0.3 is 0 Å². The molecule has 0 aromatic carbocycles. The van der Waals surface area contributed by atoms with Gasteiger partial charge in [0.1, 0.15) is 5.75 Å². The van der Waals surface area contributed by atoms with Crippen molar-refractivity contribution in [2.24, 2.45) is 0 Å². The SMILES string of the molecule is CCCNCc1ccc(OCc2nc(C(C)C)no2)cn1. The Morgan fingerprint density at radius 3 is 2.81 bits per heavy atom. The zero-order valence-electron chi connectivity index (χ0n) is 12.8. The van der Waals surface area contributed by atoms with Crippen LogP contribution in [0.5, 0.6) is 5.75 Å². The van der Waals surface area contributed by atoms with E-state index in [0.29, 0.717) is 17.5 Å². The Labute approximate surface area is 124 Å². The van der Waals surface area contributed by atoms with Gasteiger partial charge in [-0.05, 0) is 25.1 Å². The molecule has 2 aromatic rings. The Morgan fingerprint density at radius 1 is 1.33 bits per heavy atom. The van der Waals surface area contributed by atoms with Crippen molar-refractivity contribution in [3.8, 4) is 5.75 Å². The van der Waals surface area contributed by atoms with Crippen molar-refractivity contribution in [2.75, 3.05) is 6.54 Å². The fourth-order valence-corrected chi connectivity index (χ4v) is 1.70. The smallest absolute Gasteiger partial charge is 0.264 e. The molecule has 6 heteroatoms. The summed E-state index contributed by atoms with van der Waals surface area (Å²) >= 11 is 0. The van der Waals surface area contributed by atoms with Crippen molar-refractivity contribution in [3.63, 3.8) is 0 Å². The molecule has 0 atom stereocenters. The van der Waals surface area contributed by atoms with Gasteiger partial charge in [0, 0.05) is 12.5 Å². The topological polar surface area (TPSA) is 73.1 Å². The lowest BCUT2D eigenvalue weighted by molar-refractivity contribution is 0.241. The number of pyridine rings is 1. The standard InChI is InChI=1S/C15H22N4O2/c1-4-7-16-8-12-5-6-13(9-17-12)20-10-14-18-15(11(2)3)19-21-14/h5-6,9,11,16H,4,7-8,10H2,1-3H3. The fourth-order valence-electron chi connectivity index (χ4n) is 1.70. The molecule has 0 bridgehead atoms. The molecule has 0 aliphatic heterocycles. The summed E-state index contributed by atoms with van der Waals surface area (Å²) in [5, 5.41) is 7.20. The minimum Gasteiger partial charge on any atom is -0.482 e. The number of hydrogen-bond acceptors (Lipinski definition) is 6. The van der Waals surface area contributed by atoms with Gasteiger partial charge in [-0.1, -0.05) is 25.9 Å². The van der Waals surface area contributed by atoms with Gasteiger partial charge in [-0.3, -0.25) is 4.98 Å². The molecule has 2 rings (SSSR count). The molecule has 0 saturated carbocycles. The van der Waals surface area contributed by atoms with Gasteiger partial charge < -0.3 is 14.6 Å². The number of aromatic nitrogens is 3. The molecule has 0 fully saturated rings. The summed E-state index contributed by atoms with van der Waals surface area (Å²) in [7, 11) is 0. The van der Waals surface area contributed by atoms with Crippen LogP contribution in [0.25, 0.3) is 0 Å². The monoisotopic (exact) mass is 290 g/mol. The van der Waals surface area contributed by atoms with Gasteiger partial charge in [0.05, 0.1) is 11.9 Å². The average molecular weight is 290 g/mol. The molecular formula is C15H22N4O2. The highest BCUT2D eigenvalue weighted by Gasteiger charge is 2.10. The van der Waals surface area contributed by atoms with Crippen molar-refractivity contribution >= 4 is 0 Å². The van der Waals surface area contributed by atoms with Crippen molar-refractivity contribution in [2.45, 2.75) is 46.3 Å². The molecule has 0 spiro atoms. The van der Waals surface area contributed by atoms with Crippen LogP contribution in [0, 0.1) is 0 Å². The lowest BCUT2D eigenvalue weighted by atomic mass is 10.2. The quantitative estimate of drug-likeness (QED) is 0.753. The summed E-state index contributed by atoms with van der Waals surface area (Å²) in [6, 6.07) is 3.85. The molecular weight excluding hydrogens is 268 g/mol. The van der Waals surface area contributed by atoms with Crippen LogP contribution in [0.1, 0.15) is 50.5 Å². The molecule has 1 N–H and O–H groups in total. The van der Waals surface area contributed by atoms with Crippen molar-refractivity contribution < 1.29 is 9.26 Å². The van der Waals surface area contributed by atoms with Gasteiger partial charge in [0.2, 0.25) is 0 Å². The molecule has 0 aliphatic rings. The minimum atomic E-state index is 0.249. The number of nitrogens with one attached hydrogen (secondary N) is 1. The predicted octanol–water partition coefficient (Wildman–Crippen LogP) is 2.67.